The number of carbonyl (C=O) groups is 12. The molecule has 0 aromatic heterocycles. The van der Waals surface area contributed by atoms with Crippen molar-refractivity contribution in [3.05, 3.63) is 69.7 Å². The van der Waals surface area contributed by atoms with Crippen LogP contribution >= 0.6 is 11.6 Å². The van der Waals surface area contributed by atoms with E-state index in [-0.39, 0.29) is 63.0 Å². The van der Waals surface area contributed by atoms with E-state index in [1.165, 1.54) is 75.0 Å². The lowest BCUT2D eigenvalue weighted by molar-refractivity contribution is -0.156. The van der Waals surface area contributed by atoms with Crippen LogP contribution in [0.4, 0.5) is 13.2 Å². The fourth-order valence-electron chi connectivity index (χ4n) is 13.7. The molecule has 6 rings (SSSR count). The molecule has 3 heterocycles. The maximum Gasteiger partial charge on any atom is 0.417 e. The van der Waals surface area contributed by atoms with Crippen LogP contribution in [0.2, 0.25) is 5.02 Å². The van der Waals surface area contributed by atoms with Crippen LogP contribution in [0.15, 0.2) is 42.5 Å². The molecule has 0 bridgehead atoms. The molecule has 0 radical (unpaired) electrons. The summed E-state index contributed by atoms with van der Waals surface area (Å²) in [5.41, 5.74) is -0.849. The molecule has 1 spiro atoms. The number of aryl methyl sites for hydroxylation is 2. The minimum atomic E-state index is -4.77. The van der Waals surface area contributed by atoms with E-state index in [1.807, 2.05) is 46.8 Å². The molecule has 4 fully saturated rings. The molecule has 3 saturated heterocycles. The highest BCUT2D eigenvalue weighted by molar-refractivity contribution is 6.31. The Morgan fingerprint density at radius 1 is 0.626 bits per heavy atom. The van der Waals surface area contributed by atoms with E-state index in [0.29, 0.717) is 63.6 Å². The zero-order chi connectivity index (χ0) is 73.7. The van der Waals surface area contributed by atoms with Crippen LogP contribution in [0.5, 0.6) is 0 Å². The van der Waals surface area contributed by atoms with Crippen molar-refractivity contribution in [2.75, 3.05) is 88.6 Å². The topological polar surface area (TPSA) is 270 Å². The van der Waals surface area contributed by atoms with Crippen molar-refractivity contribution in [3.63, 3.8) is 0 Å². The molecule has 99 heavy (non-hydrogen) atoms. The average molecular weight is 1410 g/mol. The third-order valence-electron chi connectivity index (χ3n) is 20.5. The van der Waals surface area contributed by atoms with Gasteiger partial charge in [0, 0.05) is 75.4 Å². The Morgan fingerprint density at radius 3 is 1.80 bits per heavy atom. The van der Waals surface area contributed by atoms with E-state index in [4.69, 9.17) is 11.6 Å². The number of rotatable bonds is 12. The van der Waals surface area contributed by atoms with Gasteiger partial charge in [-0.15, -0.1) is 0 Å². The van der Waals surface area contributed by atoms with Gasteiger partial charge in [-0.1, -0.05) is 115 Å². The van der Waals surface area contributed by atoms with Crippen molar-refractivity contribution in [2.24, 2.45) is 17.8 Å². The highest BCUT2D eigenvalue weighted by Crippen LogP contribution is 2.37. The molecule has 28 heteroatoms. The first-order valence-corrected chi connectivity index (χ1v) is 35.1. The zero-order valence-corrected chi connectivity index (χ0v) is 60.9. The number of likely N-dealkylation sites (tertiary alicyclic amines) is 1. The van der Waals surface area contributed by atoms with Crippen LogP contribution in [-0.4, -0.2) is 251 Å². The standard InChI is InChI=1S/C71H104ClF3N12O12/c1-15-45(6)60-67(97)81(10)41-58(90)79(8)42-59(91)83(12)54(38-48-25-23-44(5)24-26-48)65(95)80(9)40-56(88)76-51(30-28-47-27-29-49(50(72)37-47)71(73,74)75)64(94)87-35-21-22-52(87)63(93)78-70(31-17-18-32-70)69(99)85(14)61(46(7)16-2)68(98)84(13)55(66(96)86-33-19-20-34-86)39-57(89)82(11)53(36-43(3)4)62(92)77-60/h23-27,29,37,43,45-46,51-55,60-61H,15-22,28,30-36,38-42H2,1-14H3,(H,76,88)(H,77,92)(H,78,93)/t45-,46-,51-,52-,53-,54-,55-,60-,61-/m0/s1. The van der Waals surface area contributed by atoms with Gasteiger partial charge in [-0.3, -0.25) is 57.5 Å². The average Bonchev–Trinajstić information content (AvgIpc) is 1.76. The quantitative estimate of drug-likeness (QED) is 0.251. The predicted molar refractivity (Wildman–Crippen MR) is 366 cm³/mol. The number of halogens is 4. The molecule has 3 aliphatic heterocycles. The second kappa shape index (κ2) is 35.0. The number of nitrogens with one attached hydrogen (secondary N) is 3. The molecular formula is C71H104ClF3N12O12. The minimum absolute atomic E-state index is 0.0160. The fourth-order valence-corrected chi connectivity index (χ4v) is 14.0. The number of carbonyl (C=O) groups excluding carboxylic acids is 12. The van der Waals surface area contributed by atoms with Crippen LogP contribution in [-0.2, 0) is 76.6 Å². The number of fused-ring (bicyclic) bond motifs is 1. The van der Waals surface area contributed by atoms with Crippen molar-refractivity contribution >= 4 is 82.5 Å². The van der Waals surface area contributed by atoms with Crippen molar-refractivity contribution in [2.45, 2.75) is 199 Å². The first kappa shape index (κ1) is 80.1. The summed E-state index contributed by atoms with van der Waals surface area (Å²) in [6.07, 6.45) is -1.78. The predicted octanol–water partition coefficient (Wildman–Crippen LogP) is 5.08. The van der Waals surface area contributed by atoms with E-state index in [9.17, 15) is 51.5 Å². The normalized spacial score (nSPS) is 25.0. The Hall–Kier alpha value is -7.84. The van der Waals surface area contributed by atoms with Gasteiger partial charge in [-0.2, -0.15) is 13.2 Å². The van der Waals surface area contributed by atoms with E-state index >= 15 is 19.2 Å². The molecule has 12 amide bonds. The van der Waals surface area contributed by atoms with Crippen LogP contribution in [0, 0.1) is 24.7 Å². The summed E-state index contributed by atoms with van der Waals surface area (Å²) < 4.78 is 41.6. The molecule has 1 aliphatic carbocycles. The van der Waals surface area contributed by atoms with Crippen LogP contribution in [0.3, 0.4) is 0 Å². The summed E-state index contributed by atoms with van der Waals surface area (Å²) in [6, 6.07) is 1.26. The maximum atomic E-state index is 15.5. The number of hydrogen-bond donors (Lipinski definition) is 3. The van der Waals surface area contributed by atoms with Crippen molar-refractivity contribution in [1.29, 1.82) is 0 Å². The summed E-state index contributed by atoms with van der Waals surface area (Å²) >= 11 is 6.14. The Morgan fingerprint density at radius 2 is 1.21 bits per heavy atom. The van der Waals surface area contributed by atoms with Gasteiger partial charge in [0.1, 0.15) is 47.8 Å². The van der Waals surface area contributed by atoms with Gasteiger partial charge in [0.15, 0.2) is 0 Å². The van der Waals surface area contributed by atoms with Gasteiger partial charge < -0.3 is 60.0 Å². The lowest BCUT2D eigenvalue weighted by atomic mass is 9.90. The van der Waals surface area contributed by atoms with E-state index in [2.05, 4.69) is 16.0 Å². The molecule has 4 aliphatic rings. The lowest BCUT2D eigenvalue weighted by Gasteiger charge is -2.42. The summed E-state index contributed by atoms with van der Waals surface area (Å²) in [5, 5.41) is 8.04. The Balaban J connectivity index is 1.43. The number of nitrogens with zero attached hydrogens (tertiary/aromatic N) is 9. The van der Waals surface area contributed by atoms with Gasteiger partial charge >= 0.3 is 6.18 Å². The van der Waals surface area contributed by atoms with E-state index in [1.54, 1.807) is 30.9 Å². The smallest absolute Gasteiger partial charge is 0.343 e. The number of likely N-dealkylation sites (N-methyl/N-ethyl adjacent to an activating group) is 7. The zero-order valence-electron chi connectivity index (χ0n) is 60.1. The molecule has 2 aromatic carbocycles. The lowest BCUT2D eigenvalue weighted by Crippen LogP contribution is -2.65. The first-order valence-electron chi connectivity index (χ1n) is 34.7. The number of hydrogen-bond acceptors (Lipinski definition) is 12. The summed E-state index contributed by atoms with van der Waals surface area (Å²) in [4.78, 5) is 189. The maximum absolute atomic E-state index is 15.5. The molecule has 24 nitrogen and oxygen atoms in total. The van der Waals surface area contributed by atoms with Crippen molar-refractivity contribution < 1.29 is 70.7 Å². The van der Waals surface area contributed by atoms with Crippen molar-refractivity contribution in [1.82, 2.24) is 60.0 Å². The van der Waals surface area contributed by atoms with Gasteiger partial charge in [0.25, 0.3) is 0 Å². The SMILES string of the molecule is CC[C@H](C)[C@@H]1NC(=O)[C@H](CC(C)C)N(C)C(=O)C[C@@H](C(=O)N2CCCC2)N(C)C(=O)[C@H]([C@@H](C)CC)N(C)C(=O)C2(CCCC2)NC(=O)[C@@H]2CCCN2C(=O)[C@H](CCc2ccc(C(F)(F)F)c(Cl)c2)NC(=O)CN(C)C(=O)[C@H](Cc2ccc(C)cc2)N(C)C(=O)CN(C)C(=O)CN(C)C1=O. The summed E-state index contributed by atoms with van der Waals surface area (Å²) in [7, 11) is 9.70. The van der Waals surface area contributed by atoms with Gasteiger partial charge in [-0.05, 0) is 106 Å². The first-order chi connectivity index (χ1) is 46.5. The highest BCUT2D eigenvalue weighted by Gasteiger charge is 2.51. The molecule has 3 N–H and O–H groups in total. The Kier molecular flexibility index (Phi) is 28.3. The van der Waals surface area contributed by atoms with Crippen LogP contribution in [0.25, 0.3) is 0 Å². The molecule has 9 atom stereocenters. The number of alkyl halides is 3. The monoisotopic (exact) mass is 1410 g/mol. The van der Waals surface area contributed by atoms with Gasteiger partial charge in [0.2, 0.25) is 70.9 Å². The summed E-state index contributed by atoms with van der Waals surface area (Å²) in [6.45, 7) is 11.7. The fraction of sp³-hybridized carbons (Fsp3) is 0.662. The largest absolute Gasteiger partial charge is 0.417 e. The molecule has 2 aromatic rings. The second-order valence-electron chi connectivity index (χ2n) is 28.3. The van der Waals surface area contributed by atoms with Crippen LogP contribution in [0.1, 0.15) is 147 Å². The molecule has 0 unspecified atom stereocenters. The number of amides is 12. The highest BCUT2D eigenvalue weighted by atomic mass is 35.5. The molecule has 1 saturated carbocycles. The third kappa shape index (κ3) is 20.0. The number of benzene rings is 2. The van der Waals surface area contributed by atoms with Gasteiger partial charge in [0.05, 0.1) is 36.6 Å². The van der Waals surface area contributed by atoms with Crippen molar-refractivity contribution in [3.8, 4) is 0 Å². The van der Waals surface area contributed by atoms with Gasteiger partial charge in [-0.25, -0.2) is 0 Å². The minimum Gasteiger partial charge on any atom is -0.343 e. The van der Waals surface area contributed by atoms with E-state index < -0.39 is 173 Å². The Bertz CT molecular complexity index is 3270. The van der Waals surface area contributed by atoms with E-state index in [0.717, 1.165) is 37.3 Å². The third-order valence-corrected chi connectivity index (χ3v) is 20.8. The second-order valence-corrected chi connectivity index (χ2v) is 28.7. The summed E-state index contributed by atoms with van der Waals surface area (Å²) in [5.74, 6) is -9.44. The molecule has 548 valence electrons. The Labute approximate surface area is 585 Å². The molecular weight excluding hydrogens is 1310 g/mol. The van der Waals surface area contributed by atoms with Crippen LogP contribution < -0.4 is 16.0 Å².